The van der Waals surface area contributed by atoms with Crippen molar-refractivity contribution >= 4 is 0 Å². The van der Waals surface area contributed by atoms with E-state index in [0.717, 1.165) is 42.3 Å². The number of hydrogen-bond acceptors (Lipinski definition) is 2. The highest BCUT2D eigenvalue weighted by molar-refractivity contribution is 4.93. The Labute approximate surface area is 120 Å². The molecule has 0 heterocycles. The van der Waals surface area contributed by atoms with Crippen molar-refractivity contribution in [3.05, 3.63) is 0 Å². The zero-order valence-electron chi connectivity index (χ0n) is 13.4. The van der Waals surface area contributed by atoms with Crippen LogP contribution in [-0.2, 0) is 0 Å². The van der Waals surface area contributed by atoms with Gasteiger partial charge in [0.25, 0.3) is 0 Å². The van der Waals surface area contributed by atoms with Crippen molar-refractivity contribution in [2.24, 2.45) is 29.4 Å². The Morgan fingerprint density at radius 1 is 1.11 bits per heavy atom. The highest BCUT2D eigenvalue weighted by Gasteiger charge is 2.38. The molecular weight excluding hydrogens is 232 g/mol. The van der Waals surface area contributed by atoms with Gasteiger partial charge in [0.05, 0.1) is 0 Å². The van der Waals surface area contributed by atoms with Crippen molar-refractivity contribution in [3.8, 4) is 0 Å². The second kappa shape index (κ2) is 6.58. The van der Waals surface area contributed by atoms with E-state index >= 15 is 0 Å². The van der Waals surface area contributed by atoms with Crippen LogP contribution in [0, 0.1) is 23.7 Å². The Hall–Kier alpha value is -0.0800. The molecule has 0 aromatic heterocycles. The first-order valence-corrected chi connectivity index (χ1v) is 8.46. The zero-order chi connectivity index (χ0) is 14.0. The minimum absolute atomic E-state index is 0.745. The minimum Gasteiger partial charge on any atom is -0.330 e. The summed E-state index contributed by atoms with van der Waals surface area (Å²) in [5.74, 6) is 3.35. The van der Waals surface area contributed by atoms with Gasteiger partial charge in [-0.25, -0.2) is 0 Å². The highest BCUT2D eigenvalue weighted by atomic mass is 15.2. The number of hydrogen-bond donors (Lipinski definition) is 1. The summed E-state index contributed by atoms with van der Waals surface area (Å²) in [5, 5.41) is 0. The van der Waals surface area contributed by atoms with E-state index in [2.05, 4.69) is 32.7 Å². The molecule has 2 saturated carbocycles. The molecule has 19 heavy (non-hydrogen) atoms. The summed E-state index contributed by atoms with van der Waals surface area (Å²) in [6.45, 7) is 8.14. The summed E-state index contributed by atoms with van der Waals surface area (Å²) >= 11 is 0. The lowest BCUT2D eigenvalue weighted by Gasteiger charge is -2.46. The van der Waals surface area contributed by atoms with Crippen molar-refractivity contribution in [1.29, 1.82) is 0 Å². The topological polar surface area (TPSA) is 29.3 Å². The minimum atomic E-state index is 0.745. The number of nitrogens with zero attached hydrogens (tertiary/aromatic N) is 1. The average Bonchev–Trinajstić information content (AvgIpc) is 2.85. The summed E-state index contributed by atoms with van der Waals surface area (Å²) in [7, 11) is 2.39. The third kappa shape index (κ3) is 3.33. The number of nitrogens with two attached hydrogens (primary N) is 1. The maximum atomic E-state index is 5.99. The predicted octanol–water partition coefficient (Wildman–Crippen LogP) is 3.51. The maximum absolute atomic E-state index is 5.99. The molecule has 2 N–H and O–H groups in total. The van der Waals surface area contributed by atoms with E-state index in [1.807, 2.05) is 0 Å². The van der Waals surface area contributed by atoms with Crippen LogP contribution < -0.4 is 5.73 Å². The molecule has 0 aliphatic heterocycles. The second-order valence-electron chi connectivity index (χ2n) is 7.55. The Balaban J connectivity index is 2.07. The van der Waals surface area contributed by atoms with Crippen LogP contribution in [0.25, 0.3) is 0 Å². The highest BCUT2D eigenvalue weighted by Crippen LogP contribution is 2.39. The third-order valence-corrected chi connectivity index (χ3v) is 5.96. The van der Waals surface area contributed by atoms with Gasteiger partial charge in [0, 0.05) is 12.1 Å². The fourth-order valence-corrected chi connectivity index (χ4v) is 4.69. The van der Waals surface area contributed by atoms with Gasteiger partial charge in [-0.05, 0) is 62.9 Å². The molecule has 2 aliphatic rings. The van der Waals surface area contributed by atoms with Crippen LogP contribution in [0.3, 0.4) is 0 Å². The van der Waals surface area contributed by atoms with Crippen molar-refractivity contribution in [1.82, 2.24) is 4.90 Å². The third-order valence-electron chi connectivity index (χ3n) is 5.96. The van der Waals surface area contributed by atoms with Gasteiger partial charge in [-0.3, -0.25) is 4.90 Å². The summed E-state index contributed by atoms with van der Waals surface area (Å²) in [6.07, 6.45) is 8.35. The summed E-state index contributed by atoms with van der Waals surface area (Å²) in [4.78, 5) is 2.74. The largest absolute Gasteiger partial charge is 0.330 e. The molecular formula is C17H34N2. The average molecular weight is 266 g/mol. The first kappa shape index (κ1) is 15.3. The fourth-order valence-electron chi connectivity index (χ4n) is 4.69. The lowest BCUT2D eigenvalue weighted by atomic mass is 9.73. The maximum Gasteiger partial charge on any atom is 0.0136 e. The van der Waals surface area contributed by atoms with Gasteiger partial charge in [-0.15, -0.1) is 0 Å². The molecule has 0 aromatic carbocycles. The molecule has 5 atom stereocenters. The molecule has 2 heteroatoms. The quantitative estimate of drug-likeness (QED) is 0.844. The molecule has 2 nitrogen and oxygen atoms in total. The van der Waals surface area contributed by atoms with Crippen molar-refractivity contribution in [3.63, 3.8) is 0 Å². The Kier molecular flexibility index (Phi) is 5.30. The first-order chi connectivity index (χ1) is 9.04. The monoisotopic (exact) mass is 266 g/mol. The van der Waals surface area contributed by atoms with E-state index in [1.54, 1.807) is 0 Å². The van der Waals surface area contributed by atoms with Crippen molar-refractivity contribution in [2.45, 2.75) is 71.4 Å². The lowest BCUT2D eigenvalue weighted by Crippen LogP contribution is -2.50. The first-order valence-electron chi connectivity index (χ1n) is 8.46. The molecule has 5 unspecified atom stereocenters. The molecule has 2 rings (SSSR count). The SMILES string of the molecule is CC1CCC(C(C)C)C(N(C)C2CCCC2CN)C1. The number of rotatable bonds is 4. The van der Waals surface area contributed by atoms with Crippen LogP contribution in [0.5, 0.6) is 0 Å². The van der Waals surface area contributed by atoms with Crippen LogP contribution in [0.15, 0.2) is 0 Å². The van der Waals surface area contributed by atoms with Gasteiger partial charge in [-0.1, -0.05) is 33.6 Å². The van der Waals surface area contributed by atoms with Gasteiger partial charge in [0.2, 0.25) is 0 Å². The molecule has 0 radical (unpaired) electrons. The van der Waals surface area contributed by atoms with Crippen LogP contribution in [-0.4, -0.2) is 30.6 Å². The molecule has 0 amide bonds. The molecule has 2 aliphatic carbocycles. The lowest BCUT2D eigenvalue weighted by molar-refractivity contribution is 0.0376. The van der Waals surface area contributed by atoms with Gasteiger partial charge >= 0.3 is 0 Å². The van der Waals surface area contributed by atoms with Gasteiger partial charge in [-0.2, -0.15) is 0 Å². The van der Waals surface area contributed by atoms with E-state index in [-0.39, 0.29) is 0 Å². The van der Waals surface area contributed by atoms with E-state index in [9.17, 15) is 0 Å². The summed E-state index contributed by atoms with van der Waals surface area (Å²) < 4.78 is 0. The van der Waals surface area contributed by atoms with Crippen molar-refractivity contribution < 1.29 is 0 Å². The van der Waals surface area contributed by atoms with E-state index < -0.39 is 0 Å². The van der Waals surface area contributed by atoms with E-state index in [4.69, 9.17) is 5.73 Å². The van der Waals surface area contributed by atoms with E-state index in [1.165, 1.54) is 38.5 Å². The summed E-state index contributed by atoms with van der Waals surface area (Å²) in [6, 6.07) is 1.54. The Bertz CT molecular complexity index is 276. The van der Waals surface area contributed by atoms with Crippen LogP contribution in [0.4, 0.5) is 0 Å². The van der Waals surface area contributed by atoms with Gasteiger partial charge in [0.1, 0.15) is 0 Å². The van der Waals surface area contributed by atoms with E-state index in [0.29, 0.717) is 0 Å². The standard InChI is InChI=1S/C17H34N2/c1-12(2)15-9-8-13(3)10-17(15)19(4)16-7-5-6-14(16)11-18/h12-17H,5-11,18H2,1-4H3. The second-order valence-corrected chi connectivity index (χ2v) is 7.55. The van der Waals surface area contributed by atoms with Crippen LogP contribution in [0.1, 0.15) is 59.3 Å². The molecule has 2 fully saturated rings. The van der Waals surface area contributed by atoms with Crippen LogP contribution in [0.2, 0.25) is 0 Å². The molecule has 0 aromatic rings. The van der Waals surface area contributed by atoms with Gasteiger partial charge < -0.3 is 5.73 Å². The molecule has 112 valence electrons. The van der Waals surface area contributed by atoms with Gasteiger partial charge in [0.15, 0.2) is 0 Å². The Morgan fingerprint density at radius 3 is 2.47 bits per heavy atom. The molecule has 0 bridgehead atoms. The smallest absolute Gasteiger partial charge is 0.0136 e. The fraction of sp³-hybridized carbons (Fsp3) is 1.00. The van der Waals surface area contributed by atoms with Crippen LogP contribution >= 0.6 is 0 Å². The predicted molar refractivity (Wildman–Crippen MR) is 83.1 cm³/mol. The molecule has 0 saturated heterocycles. The Morgan fingerprint density at radius 2 is 1.84 bits per heavy atom. The normalized spacial score (nSPS) is 40.3. The molecule has 0 spiro atoms. The van der Waals surface area contributed by atoms with Crippen molar-refractivity contribution in [2.75, 3.05) is 13.6 Å². The zero-order valence-corrected chi connectivity index (χ0v) is 13.4. The summed E-state index contributed by atoms with van der Waals surface area (Å²) in [5.41, 5.74) is 5.99.